The summed E-state index contributed by atoms with van der Waals surface area (Å²) in [5, 5.41) is 10.6. The van der Waals surface area contributed by atoms with Crippen molar-refractivity contribution in [3.05, 3.63) is 11.7 Å². The summed E-state index contributed by atoms with van der Waals surface area (Å²) < 4.78 is 5.26. The van der Waals surface area contributed by atoms with Crippen molar-refractivity contribution in [2.75, 3.05) is 6.54 Å². The Hall–Kier alpha value is -1.59. The highest BCUT2D eigenvalue weighted by Gasteiger charge is 2.33. The van der Waals surface area contributed by atoms with Gasteiger partial charge in [0, 0.05) is 18.0 Å². The van der Waals surface area contributed by atoms with Crippen LogP contribution < -0.4 is 10.6 Å². The number of guanidine groups is 1. The molecule has 0 saturated heterocycles. The van der Waals surface area contributed by atoms with Crippen LogP contribution >= 0.6 is 0 Å². The van der Waals surface area contributed by atoms with Gasteiger partial charge in [0.05, 0.1) is 0 Å². The summed E-state index contributed by atoms with van der Waals surface area (Å²) in [4.78, 5) is 8.89. The van der Waals surface area contributed by atoms with E-state index in [1.807, 2.05) is 20.8 Å². The number of aromatic nitrogens is 2. The van der Waals surface area contributed by atoms with E-state index in [1.54, 1.807) is 0 Å². The molecule has 0 radical (unpaired) electrons. The molecule has 6 heteroatoms. The minimum atomic E-state index is -0.124. The van der Waals surface area contributed by atoms with E-state index in [0.29, 0.717) is 24.3 Å². The maximum Gasteiger partial charge on any atom is 0.232 e. The summed E-state index contributed by atoms with van der Waals surface area (Å²) in [7, 11) is 0. The van der Waals surface area contributed by atoms with Crippen LogP contribution in [-0.4, -0.2) is 28.7 Å². The molecule has 1 saturated carbocycles. The van der Waals surface area contributed by atoms with Crippen molar-refractivity contribution >= 4 is 5.96 Å². The van der Waals surface area contributed by atoms with Gasteiger partial charge in [-0.3, -0.25) is 0 Å². The molecule has 1 aromatic rings. The molecule has 2 atom stereocenters. The van der Waals surface area contributed by atoms with Gasteiger partial charge >= 0.3 is 0 Å². The molecule has 0 bridgehead atoms. The first kappa shape index (κ1) is 14.8. The molecular formula is C14H25N5O. The predicted octanol–water partition coefficient (Wildman–Crippen LogP) is 1.83. The van der Waals surface area contributed by atoms with E-state index in [9.17, 15) is 0 Å². The topological polar surface area (TPSA) is 75.3 Å². The fraction of sp³-hybridized carbons (Fsp3) is 0.786. The van der Waals surface area contributed by atoms with Crippen LogP contribution in [0.2, 0.25) is 0 Å². The van der Waals surface area contributed by atoms with Crippen LogP contribution in [0, 0.1) is 5.92 Å². The summed E-state index contributed by atoms with van der Waals surface area (Å²) in [5.41, 5.74) is -0.124. The molecule has 0 amide bonds. The second-order valence-electron chi connectivity index (χ2n) is 6.42. The summed E-state index contributed by atoms with van der Waals surface area (Å²) in [6.45, 7) is 11.7. The summed E-state index contributed by atoms with van der Waals surface area (Å²) in [6, 6.07) is 0.545. The van der Waals surface area contributed by atoms with Gasteiger partial charge in [0.2, 0.25) is 5.89 Å². The van der Waals surface area contributed by atoms with E-state index < -0.39 is 0 Å². The third-order valence-corrected chi connectivity index (χ3v) is 3.26. The quantitative estimate of drug-likeness (QED) is 0.649. The molecule has 0 spiro atoms. The first-order valence-corrected chi connectivity index (χ1v) is 7.28. The van der Waals surface area contributed by atoms with Crippen molar-refractivity contribution in [1.82, 2.24) is 20.8 Å². The van der Waals surface area contributed by atoms with Gasteiger partial charge in [-0.15, -0.1) is 0 Å². The van der Waals surface area contributed by atoms with Gasteiger partial charge < -0.3 is 15.2 Å². The van der Waals surface area contributed by atoms with Gasteiger partial charge in [-0.1, -0.05) is 32.9 Å². The molecule has 1 heterocycles. The highest BCUT2D eigenvalue weighted by molar-refractivity contribution is 5.80. The van der Waals surface area contributed by atoms with Gasteiger partial charge in [0.25, 0.3) is 0 Å². The molecule has 2 unspecified atom stereocenters. The van der Waals surface area contributed by atoms with Crippen molar-refractivity contribution < 1.29 is 4.52 Å². The van der Waals surface area contributed by atoms with Crippen molar-refractivity contribution in [3.63, 3.8) is 0 Å². The zero-order valence-corrected chi connectivity index (χ0v) is 13.0. The monoisotopic (exact) mass is 279 g/mol. The third-order valence-electron chi connectivity index (χ3n) is 3.26. The highest BCUT2D eigenvalue weighted by atomic mass is 16.5. The van der Waals surface area contributed by atoms with E-state index in [4.69, 9.17) is 4.52 Å². The van der Waals surface area contributed by atoms with Crippen LogP contribution in [0.25, 0.3) is 0 Å². The predicted molar refractivity (Wildman–Crippen MR) is 78.5 cm³/mol. The number of nitrogens with one attached hydrogen (secondary N) is 2. The molecule has 6 nitrogen and oxygen atoms in total. The average Bonchev–Trinajstić information content (AvgIpc) is 2.88. The Morgan fingerprint density at radius 1 is 1.45 bits per heavy atom. The van der Waals surface area contributed by atoms with Gasteiger partial charge in [-0.05, 0) is 19.3 Å². The van der Waals surface area contributed by atoms with Gasteiger partial charge in [0.15, 0.2) is 11.8 Å². The van der Waals surface area contributed by atoms with Crippen molar-refractivity contribution in [1.29, 1.82) is 0 Å². The Bertz CT molecular complexity index is 474. The van der Waals surface area contributed by atoms with E-state index >= 15 is 0 Å². The van der Waals surface area contributed by atoms with Gasteiger partial charge in [-0.2, -0.15) is 4.98 Å². The van der Waals surface area contributed by atoms with E-state index in [-0.39, 0.29) is 5.41 Å². The van der Waals surface area contributed by atoms with Crippen LogP contribution in [0.3, 0.4) is 0 Å². The fourth-order valence-electron chi connectivity index (χ4n) is 1.79. The zero-order chi connectivity index (χ0) is 14.8. The van der Waals surface area contributed by atoms with Crippen molar-refractivity contribution in [3.8, 4) is 0 Å². The number of aliphatic imine (C=N–C) groups is 1. The molecule has 1 aliphatic carbocycles. The fourth-order valence-corrected chi connectivity index (χ4v) is 1.79. The maximum absolute atomic E-state index is 5.26. The summed E-state index contributed by atoms with van der Waals surface area (Å²) in [6.07, 6.45) is 1.21. The number of nitrogens with zero attached hydrogens (tertiary/aromatic N) is 3. The lowest BCUT2D eigenvalue weighted by molar-refractivity contribution is 0.318. The normalized spacial score (nSPS) is 22.8. The highest BCUT2D eigenvalue weighted by Crippen LogP contribution is 2.28. The van der Waals surface area contributed by atoms with E-state index in [2.05, 4.69) is 39.6 Å². The molecule has 112 valence electrons. The second kappa shape index (κ2) is 5.81. The third kappa shape index (κ3) is 3.95. The lowest BCUT2D eigenvalue weighted by atomic mass is 9.97. The Morgan fingerprint density at radius 2 is 2.15 bits per heavy atom. The van der Waals surface area contributed by atoms with Gasteiger partial charge in [-0.25, -0.2) is 4.99 Å². The maximum atomic E-state index is 5.26. The Kier molecular flexibility index (Phi) is 4.30. The number of hydrogen-bond donors (Lipinski definition) is 2. The lowest BCUT2D eigenvalue weighted by Crippen LogP contribution is -2.39. The molecule has 2 N–H and O–H groups in total. The Labute approximate surface area is 120 Å². The molecule has 1 aliphatic rings. The Balaban J connectivity index is 1.96. The molecule has 1 fully saturated rings. The zero-order valence-electron chi connectivity index (χ0n) is 13.0. The number of hydrogen-bond acceptors (Lipinski definition) is 4. The largest absolute Gasteiger partial charge is 0.357 e. The minimum Gasteiger partial charge on any atom is -0.357 e. The minimum absolute atomic E-state index is 0.124. The summed E-state index contributed by atoms with van der Waals surface area (Å²) in [5.74, 6) is 2.83. The standard InChI is InChI=1S/C14H25N5O/c1-6-15-13(17-10-7-9(10)2)16-8-11-18-12(20-19-11)14(3,4)5/h9-10H,6-8H2,1-5H3,(H2,15,16,17). The Morgan fingerprint density at radius 3 is 2.65 bits per heavy atom. The lowest BCUT2D eigenvalue weighted by Gasteiger charge is -2.10. The van der Waals surface area contributed by atoms with E-state index in [0.717, 1.165) is 18.4 Å². The molecule has 0 aromatic carbocycles. The van der Waals surface area contributed by atoms with Crippen LogP contribution in [0.1, 0.15) is 52.8 Å². The molecular weight excluding hydrogens is 254 g/mol. The smallest absolute Gasteiger partial charge is 0.232 e. The van der Waals surface area contributed by atoms with Crippen molar-refractivity contribution in [2.24, 2.45) is 10.9 Å². The molecule has 1 aromatic heterocycles. The first-order chi connectivity index (χ1) is 9.40. The van der Waals surface area contributed by atoms with E-state index in [1.165, 1.54) is 6.42 Å². The average molecular weight is 279 g/mol. The molecule has 20 heavy (non-hydrogen) atoms. The first-order valence-electron chi connectivity index (χ1n) is 7.28. The van der Waals surface area contributed by atoms with Crippen LogP contribution in [0.5, 0.6) is 0 Å². The molecule has 0 aliphatic heterocycles. The summed E-state index contributed by atoms with van der Waals surface area (Å²) >= 11 is 0. The van der Waals surface area contributed by atoms with Crippen LogP contribution in [0.15, 0.2) is 9.52 Å². The number of rotatable bonds is 4. The van der Waals surface area contributed by atoms with Gasteiger partial charge in [0.1, 0.15) is 6.54 Å². The second-order valence-corrected chi connectivity index (χ2v) is 6.42. The van der Waals surface area contributed by atoms with Crippen LogP contribution in [-0.2, 0) is 12.0 Å². The molecule has 2 rings (SSSR count). The van der Waals surface area contributed by atoms with Crippen molar-refractivity contribution in [2.45, 2.75) is 59.0 Å². The SMILES string of the molecule is CCNC(=NCc1noc(C(C)(C)C)n1)NC1CC1C. The van der Waals surface area contributed by atoms with Crippen LogP contribution in [0.4, 0.5) is 0 Å².